The summed E-state index contributed by atoms with van der Waals surface area (Å²) in [6.07, 6.45) is 2.54. The van der Waals surface area contributed by atoms with Crippen molar-refractivity contribution in [2.45, 2.75) is 46.5 Å². The molecule has 0 spiro atoms. The molecule has 3 nitrogen and oxygen atoms in total. The van der Waals surface area contributed by atoms with Gasteiger partial charge in [-0.15, -0.1) is 0 Å². The van der Waals surface area contributed by atoms with E-state index >= 15 is 0 Å². The van der Waals surface area contributed by atoms with Crippen molar-refractivity contribution >= 4 is 5.97 Å². The van der Waals surface area contributed by atoms with E-state index in [4.69, 9.17) is 10.4 Å². The molecule has 80 valence electrons. The highest BCUT2D eigenvalue weighted by atomic mass is 16.4. The first-order chi connectivity index (χ1) is 6.46. The topological polar surface area (TPSA) is 61.1 Å². The molecule has 0 aromatic rings. The van der Waals surface area contributed by atoms with E-state index in [2.05, 4.69) is 13.0 Å². The Bertz CT molecular complexity index is 232. The molecule has 0 fully saturated rings. The second-order valence-corrected chi connectivity index (χ2v) is 4.11. The van der Waals surface area contributed by atoms with Crippen molar-refractivity contribution in [3.8, 4) is 6.07 Å². The summed E-state index contributed by atoms with van der Waals surface area (Å²) in [7, 11) is 0. The fraction of sp³-hybridized carbons (Fsp3) is 0.818. The van der Waals surface area contributed by atoms with E-state index in [9.17, 15) is 4.79 Å². The van der Waals surface area contributed by atoms with Gasteiger partial charge in [-0.2, -0.15) is 5.26 Å². The molecular weight excluding hydrogens is 178 g/mol. The Morgan fingerprint density at radius 1 is 1.64 bits per heavy atom. The summed E-state index contributed by atoms with van der Waals surface area (Å²) < 4.78 is 0. The molecular formula is C11H19NO2. The number of nitriles is 1. The van der Waals surface area contributed by atoms with Crippen molar-refractivity contribution in [2.24, 2.45) is 11.3 Å². The van der Waals surface area contributed by atoms with Crippen molar-refractivity contribution < 1.29 is 9.90 Å². The zero-order valence-electron chi connectivity index (χ0n) is 9.21. The van der Waals surface area contributed by atoms with Crippen LogP contribution in [0.5, 0.6) is 0 Å². The summed E-state index contributed by atoms with van der Waals surface area (Å²) in [5, 5.41) is 17.6. The van der Waals surface area contributed by atoms with Gasteiger partial charge in [0.05, 0.1) is 11.5 Å². The first kappa shape index (κ1) is 13.0. The number of hydrogen-bond donors (Lipinski definition) is 1. The quantitative estimate of drug-likeness (QED) is 0.712. The summed E-state index contributed by atoms with van der Waals surface area (Å²) in [5.74, 6) is -0.563. The van der Waals surface area contributed by atoms with E-state index in [0.29, 0.717) is 6.42 Å². The number of nitrogens with zero attached hydrogens (tertiary/aromatic N) is 1. The van der Waals surface area contributed by atoms with Crippen LogP contribution in [0, 0.1) is 22.7 Å². The van der Waals surface area contributed by atoms with Crippen LogP contribution in [-0.4, -0.2) is 11.1 Å². The van der Waals surface area contributed by atoms with Crippen LogP contribution >= 0.6 is 0 Å². The molecule has 0 aliphatic rings. The van der Waals surface area contributed by atoms with Gasteiger partial charge in [-0.25, -0.2) is 0 Å². The number of carboxylic acid groups (broad SMARTS) is 1. The third-order valence-corrected chi connectivity index (χ3v) is 2.92. The lowest BCUT2D eigenvalue weighted by atomic mass is 9.74. The van der Waals surface area contributed by atoms with Crippen molar-refractivity contribution in [3.05, 3.63) is 0 Å². The second kappa shape index (κ2) is 5.64. The van der Waals surface area contributed by atoms with Gasteiger partial charge in [-0.05, 0) is 25.7 Å². The number of hydrogen-bond acceptors (Lipinski definition) is 2. The van der Waals surface area contributed by atoms with Gasteiger partial charge in [0, 0.05) is 6.42 Å². The third-order valence-electron chi connectivity index (χ3n) is 2.92. The number of rotatable bonds is 6. The predicted molar refractivity (Wildman–Crippen MR) is 54.7 cm³/mol. The summed E-state index contributed by atoms with van der Waals surface area (Å²) >= 11 is 0. The van der Waals surface area contributed by atoms with E-state index in [1.807, 2.05) is 13.8 Å². The van der Waals surface area contributed by atoms with Gasteiger partial charge >= 0.3 is 5.97 Å². The number of carboxylic acids is 1. The van der Waals surface area contributed by atoms with Crippen LogP contribution in [0.2, 0.25) is 0 Å². The molecule has 3 heteroatoms. The highest BCUT2D eigenvalue weighted by Crippen LogP contribution is 2.34. The molecule has 0 saturated carbocycles. The molecule has 0 aliphatic carbocycles. The molecule has 0 bridgehead atoms. The molecule has 0 heterocycles. The maximum absolute atomic E-state index is 10.4. The Morgan fingerprint density at radius 2 is 2.21 bits per heavy atom. The minimum Gasteiger partial charge on any atom is -0.481 e. The fourth-order valence-electron chi connectivity index (χ4n) is 1.53. The minimum absolute atomic E-state index is 0.0815. The van der Waals surface area contributed by atoms with Crippen LogP contribution in [0.15, 0.2) is 0 Å². The summed E-state index contributed by atoms with van der Waals surface area (Å²) in [4.78, 5) is 10.4. The van der Waals surface area contributed by atoms with Crippen LogP contribution < -0.4 is 0 Å². The second-order valence-electron chi connectivity index (χ2n) is 4.11. The van der Waals surface area contributed by atoms with E-state index in [1.165, 1.54) is 0 Å². The van der Waals surface area contributed by atoms with Gasteiger partial charge in [0.15, 0.2) is 0 Å². The van der Waals surface area contributed by atoms with Crippen LogP contribution in [0.4, 0.5) is 0 Å². The Labute approximate surface area is 85.7 Å². The van der Waals surface area contributed by atoms with Crippen molar-refractivity contribution in [2.75, 3.05) is 0 Å². The third kappa shape index (κ3) is 3.78. The van der Waals surface area contributed by atoms with Crippen molar-refractivity contribution in [1.29, 1.82) is 5.26 Å². The zero-order valence-corrected chi connectivity index (χ0v) is 9.21. The van der Waals surface area contributed by atoms with Crippen molar-refractivity contribution in [3.63, 3.8) is 0 Å². The first-order valence-corrected chi connectivity index (χ1v) is 5.09. The Morgan fingerprint density at radius 3 is 2.57 bits per heavy atom. The minimum atomic E-state index is -0.824. The highest BCUT2D eigenvalue weighted by Gasteiger charge is 2.30. The number of aliphatic carboxylic acids is 1. The van der Waals surface area contributed by atoms with E-state index < -0.39 is 11.4 Å². The molecule has 0 aliphatic heterocycles. The molecule has 1 N–H and O–H groups in total. The maximum Gasteiger partial charge on any atom is 0.303 e. The average molecular weight is 197 g/mol. The lowest BCUT2D eigenvalue weighted by molar-refractivity contribution is -0.137. The largest absolute Gasteiger partial charge is 0.481 e. The van der Waals surface area contributed by atoms with Crippen LogP contribution in [0.1, 0.15) is 46.5 Å². The Hall–Kier alpha value is -1.04. The maximum atomic E-state index is 10.4. The fourth-order valence-corrected chi connectivity index (χ4v) is 1.53. The molecule has 0 amide bonds. The molecule has 2 atom stereocenters. The van der Waals surface area contributed by atoms with Gasteiger partial charge in [0.25, 0.3) is 0 Å². The molecule has 14 heavy (non-hydrogen) atoms. The lowest BCUT2D eigenvalue weighted by Crippen LogP contribution is -2.24. The highest BCUT2D eigenvalue weighted by molar-refractivity contribution is 5.66. The monoisotopic (exact) mass is 197 g/mol. The summed E-state index contributed by atoms with van der Waals surface area (Å²) in [6, 6.07) is 2.26. The van der Waals surface area contributed by atoms with Gasteiger partial charge in [-0.3, -0.25) is 4.79 Å². The molecule has 0 aromatic carbocycles. The molecule has 0 saturated heterocycles. The number of carbonyl (C=O) groups is 1. The lowest BCUT2D eigenvalue weighted by Gasteiger charge is -2.28. The summed E-state index contributed by atoms with van der Waals surface area (Å²) in [6.45, 7) is 5.95. The average Bonchev–Trinajstić information content (AvgIpc) is 2.14. The zero-order chi connectivity index (χ0) is 11.2. The van der Waals surface area contributed by atoms with E-state index in [0.717, 1.165) is 12.8 Å². The standard InChI is InChI=1S/C11H19NO2/c1-4-5-9(2)11(3,8-12)7-6-10(13)14/h9H,4-7H2,1-3H3,(H,13,14). The van der Waals surface area contributed by atoms with Crippen LogP contribution in [0.3, 0.4) is 0 Å². The Kier molecular flexibility index (Phi) is 5.22. The SMILES string of the molecule is CCCC(C)C(C)(C#N)CCC(=O)O. The van der Waals surface area contributed by atoms with Crippen LogP contribution in [0.25, 0.3) is 0 Å². The van der Waals surface area contributed by atoms with Gasteiger partial charge in [0.2, 0.25) is 0 Å². The van der Waals surface area contributed by atoms with E-state index in [1.54, 1.807) is 0 Å². The summed E-state index contributed by atoms with van der Waals surface area (Å²) in [5.41, 5.74) is -0.492. The Balaban J connectivity index is 4.32. The van der Waals surface area contributed by atoms with Gasteiger partial charge in [-0.1, -0.05) is 20.3 Å². The van der Waals surface area contributed by atoms with Crippen LogP contribution in [-0.2, 0) is 4.79 Å². The normalized spacial score (nSPS) is 16.7. The molecule has 0 aromatic heterocycles. The molecule has 0 radical (unpaired) electrons. The molecule has 0 rings (SSSR count). The predicted octanol–water partition coefficient (Wildman–Crippen LogP) is 2.82. The smallest absolute Gasteiger partial charge is 0.303 e. The van der Waals surface area contributed by atoms with Gasteiger partial charge in [0.1, 0.15) is 0 Å². The molecule has 2 unspecified atom stereocenters. The van der Waals surface area contributed by atoms with E-state index in [-0.39, 0.29) is 12.3 Å². The van der Waals surface area contributed by atoms with Gasteiger partial charge < -0.3 is 5.11 Å². The first-order valence-electron chi connectivity index (χ1n) is 5.09. The van der Waals surface area contributed by atoms with Crippen molar-refractivity contribution in [1.82, 2.24) is 0 Å².